The number of para-hydroxylation sites is 1. The molecule has 4 aliphatic heterocycles. The number of benzene rings is 1. The lowest BCUT2D eigenvalue weighted by Crippen LogP contribution is -2.63. The Hall–Kier alpha value is -2.55. The number of piperidine rings is 1. The zero-order valence-corrected chi connectivity index (χ0v) is 21.4. The number of hydrogen-bond acceptors (Lipinski definition) is 11. The molecule has 6 N–H and O–H groups in total. The van der Waals surface area contributed by atoms with E-state index in [9.17, 15) is 30.3 Å². The van der Waals surface area contributed by atoms with E-state index in [0.717, 1.165) is 23.0 Å². The highest BCUT2D eigenvalue weighted by atomic mass is 16.8. The van der Waals surface area contributed by atoms with Crippen molar-refractivity contribution in [3.05, 3.63) is 47.4 Å². The van der Waals surface area contributed by atoms with Gasteiger partial charge in [0.2, 0.25) is 6.29 Å². The minimum atomic E-state index is -1.62. The second-order valence-electron chi connectivity index (χ2n) is 10.6. The maximum atomic E-state index is 12.8. The molecule has 212 valence electrons. The van der Waals surface area contributed by atoms with Crippen LogP contribution in [-0.2, 0) is 30.2 Å². The average Bonchev–Trinajstić information content (AvgIpc) is 3.35. The summed E-state index contributed by atoms with van der Waals surface area (Å²) < 4.78 is 22.5. The highest BCUT2D eigenvalue weighted by Crippen LogP contribution is 2.51. The molecule has 0 radical (unpaired) electrons. The number of nitrogens with one attached hydrogen (secondary N) is 1. The number of carbonyl (C=O) groups is 1. The molecule has 0 aliphatic carbocycles. The predicted molar refractivity (Wildman–Crippen MR) is 134 cm³/mol. The zero-order chi connectivity index (χ0) is 27.4. The predicted octanol–water partition coefficient (Wildman–Crippen LogP) is -0.706. The Morgan fingerprint density at radius 2 is 1.90 bits per heavy atom. The van der Waals surface area contributed by atoms with Gasteiger partial charge in [-0.25, -0.2) is 4.79 Å². The molecule has 0 bridgehead atoms. The molecule has 4 aliphatic rings. The van der Waals surface area contributed by atoms with Gasteiger partial charge in [0, 0.05) is 41.0 Å². The fourth-order valence-corrected chi connectivity index (χ4v) is 6.88. The summed E-state index contributed by atoms with van der Waals surface area (Å²) in [6, 6.07) is 7.51. The van der Waals surface area contributed by atoms with Gasteiger partial charge in [-0.1, -0.05) is 18.2 Å². The third-order valence-corrected chi connectivity index (χ3v) is 8.78. The maximum absolute atomic E-state index is 12.8. The standard InChI is InChI=1S/C27H34N2O10/c1-36-25(35)15-11-37-26(39-27-24(34)23(33)22(32)19(10-31)38-27)20-14(15)8-17-21-13(6-7-29(17)18(20)9-30)12-4-2-3-5-16(12)28-21/h2-5,11,14,17-20,22-24,26-28,30-34H,6-10H2,1H3/t14?,17-,18?,19-,20?,22-,23-,24-,26?,27+/m1/s1. The molecule has 1 aromatic heterocycles. The SMILES string of the molecule is COC(=O)C1=COC(O[C@@H]2O[C@H](CO)[C@@H](O)[C@@H](O)[C@H]2O)C2C1C[C@@H]1c3[nH]c4ccccc4c3CCN1C2CO. The van der Waals surface area contributed by atoms with Crippen LogP contribution in [0.25, 0.3) is 10.9 Å². The Bertz CT molecular complexity index is 1250. The van der Waals surface area contributed by atoms with Crippen molar-refractivity contribution in [2.45, 2.75) is 61.9 Å². The Morgan fingerprint density at radius 3 is 2.64 bits per heavy atom. The van der Waals surface area contributed by atoms with Crippen molar-refractivity contribution < 1.29 is 49.3 Å². The lowest BCUT2D eigenvalue weighted by molar-refractivity contribution is -0.346. The lowest BCUT2D eigenvalue weighted by atomic mass is 9.70. The van der Waals surface area contributed by atoms with Crippen LogP contribution in [0.2, 0.25) is 0 Å². The zero-order valence-electron chi connectivity index (χ0n) is 21.4. The number of esters is 1. The van der Waals surface area contributed by atoms with E-state index in [4.69, 9.17) is 18.9 Å². The van der Waals surface area contributed by atoms with Crippen LogP contribution in [0.5, 0.6) is 0 Å². The Kier molecular flexibility index (Phi) is 7.14. The van der Waals surface area contributed by atoms with E-state index in [2.05, 4.69) is 16.0 Å². The molecule has 1 aromatic carbocycles. The summed E-state index contributed by atoms with van der Waals surface area (Å²) in [6.07, 6.45) is -5.86. The molecule has 10 atom stereocenters. The quantitative estimate of drug-likeness (QED) is 0.262. The molecular formula is C27H34N2O10. The molecule has 4 unspecified atom stereocenters. The first-order valence-electron chi connectivity index (χ1n) is 13.2. The van der Waals surface area contributed by atoms with Crippen LogP contribution in [0.15, 0.2) is 36.1 Å². The van der Waals surface area contributed by atoms with Crippen molar-refractivity contribution in [1.82, 2.24) is 9.88 Å². The van der Waals surface area contributed by atoms with Crippen LogP contribution < -0.4 is 0 Å². The van der Waals surface area contributed by atoms with Gasteiger partial charge in [0.15, 0.2) is 6.29 Å². The molecule has 6 rings (SSSR count). The van der Waals surface area contributed by atoms with E-state index in [1.54, 1.807) is 0 Å². The molecule has 12 nitrogen and oxygen atoms in total. The molecule has 2 saturated heterocycles. The number of aliphatic hydroxyl groups excluding tert-OH is 5. The van der Waals surface area contributed by atoms with E-state index in [-0.39, 0.29) is 12.6 Å². The first kappa shape index (κ1) is 26.7. The Morgan fingerprint density at radius 1 is 1.10 bits per heavy atom. The summed E-state index contributed by atoms with van der Waals surface area (Å²) in [4.78, 5) is 18.6. The monoisotopic (exact) mass is 546 g/mol. The van der Waals surface area contributed by atoms with Gasteiger partial charge in [-0.15, -0.1) is 0 Å². The topological polar surface area (TPSA) is 174 Å². The number of carbonyl (C=O) groups excluding carboxylic acids is 1. The molecule has 0 saturated carbocycles. The molecule has 2 fully saturated rings. The molecule has 12 heteroatoms. The van der Waals surface area contributed by atoms with Gasteiger partial charge in [0.05, 0.1) is 38.2 Å². The fraction of sp³-hybridized carbons (Fsp3) is 0.593. The third kappa shape index (κ3) is 4.26. The number of hydrogen-bond donors (Lipinski definition) is 6. The summed E-state index contributed by atoms with van der Waals surface area (Å²) in [5, 5.41) is 52.4. The number of fused-ring (bicyclic) bond motifs is 6. The fourth-order valence-electron chi connectivity index (χ4n) is 6.88. The van der Waals surface area contributed by atoms with Gasteiger partial charge in [-0.2, -0.15) is 0 Å². The minimum absolute atomic E-state index is 0.112. The summed E-state index contributed by atoms with van der Waals surface area (Å²) in [5.41, 5.74) is 3.64. The van der Waals surface area contributed by atoms with Gasteiger partial charge >= 0.3 is 5.97 Å². The van der Waals surface area contributed by atoms with Gasteiger partial charge in [0.25, 0.3) is 0 Å². The Labute approximate surface area is 224 Å². The molecule has 5 heterocycles. The number of methoxy groups -OCH3 is 1. The Balaban J connectivity index is 1.35. The summed E-state index contributed by atoms with van der Waals surface area (Å²) in [5.74, 6) is -1.55. The van der Waals surface area contributed by atoms with Crippen LogP contribution >= 0.6 is 0 Å². The van der Waals surface area contributed by atoms with Crippen LogP contribution in [0, 0.1) is 11.8 Å². The average molecular weight is 547 g/mol. The first-order chi connectivity index (χ1) is 18.9. The number of aromatic nitrogens is 1. The number of H-pyrrole nitrogens is 1. The van der Waals surface area contributed by atoms with Crippen LogP contribution in [0.3, 0.4) is 0 Å². The van der Waals surface area contributed by atoms with Crippen molar-refractivity contribution in [2.24, 2.45) is 11.8 Å². The minimum Gasteiger partial charge on any atom is -0.471 e. The molecular weight excluding hydrogens is 512 g/mol. The molecule has 2 aromatic rings. The highest BCUT2D eigenvalue weighted by Gasteiger charge is 2.55. The number of aliphatic hydroxyl groups is 5. The van der Waals surface area contributed by atoms with Crippen molar-refractivity contribution in [1.29, 1.82) is 0 Å². The van der Waals surface area contributed by atoms with Crippen molar-refractivity contribution in [2.75, 3.05) is 26.9 Å². The highest BCUT2D eigenvalue weighted by molar-refractivity contribution is 5.89. The van der Waals surface area contributed by atoms with Gasteiger partial charge < -0.3 is 49.5 Å². The summed E-state index contributed by atoms with van der Waals surface area (Å²) in [6.45, 7) is -0.187. The van der Waals surface area contributed by atoms with E-state index < -0.39 is 67.4 Å². The van der Waals surface area contributed by atoms with E-state index in [1.165, 1.54) is 18.9 Å². The van der Waals surface area contributed by atoms with Crippen molar-refractivity contribution >= 4 is 16.9 Å². The van der Waals surface area contributed by atoms with Crippen molar-refractivity contribution in [3.8, 4) is 0 Å². The second kappa shape index (κ2) is 10.5. The van der Waals surface area contributed by atoms with Crippen LogP contribution in [0.4, 0.5) is 0 Å². The number of aromatic amines is 1. The first-order valence-corrected chi connectivity index (χ1v) is 13.2. The molecule has 0 spiro atoms. The number of rotatable bonds is 5. The maximum Gasteiger partial charge on any atom is 0.337 e. The van der Waals surface area contributed by atoms with Gasteiger partial charge in [0.1, 0.15) is 24.4 Å². The van der Waals surface area contributed by atoms with E-state index in [0.29, 0.717) is 18.5 Å². The van der Waals surface area contributed by atoms with Gasteiger partial charge in [-0.3, -0.25) is 4.90 Å². The normalized spacial score (nSPS) is 38.3. The lowest BCUT2D eigenvalue weighted by Gasteiger charge is -2.54. The van der Waals surface area contributed by atoms with Gasteiger partial charge in [-0.05, 0) is 24.5 Å². The smallest absolute Gasteiger partial charge is 0.337 e. The van der Waals surface area contributed by atoms with Crippen LogP contribution in [-0.4, -0.2) is 111 Å². The summed E-state index contributed by atoms with van der Waals surface area (Å²) >= 11 is 0. The number of nitrogens with zero attached hydrogens (tertiary/aromatic N) is 1. The van der Waals surface area contributed by atoms with E-state index in [1.807, 2.05) is 18.2 Å². The molecule has 0 amide bonds. The largest absolute Gasteiger partial charge is 0.471 e. The molecule has 39 heavy (non-hydrogen) atoms. The number of ether oxygens (including phenoxy) is 4. The van der Waals surface area contributed by atoms with Crippen LogP contribution in [0.1, 0.15) is 23.7 Å². The third-order valence-electron chi connectivity index (χ3n) is 8.78. The summed E-state index contributed by atoms with van der Waals surface area (Å²) in [7, 11) is 1.30. The second-order valence-corrected chi connectivity index (χ2v) is 10.6. The van der Waals surface area contributed by atoms with E-state index >= 15 is 0 Å². The van der Waals surface area contributed by atoms with Crippen molar-refractivity contribution in [3.63, 3.8) is 0 Å².